The second-order valence-corrected chi connectivity index (χ2v) is 9.96. The smallest absolute Gasteiger partial charge is 0.476 e. The number of aliphatic carboxylic acids is 1. The average molecular weight is 500 g/mol. The number of rotatable bonds is 4. The second kappa shape index (κ2) is 8.61. The number of hydrogen-bond donors (Lipinski definition) is 3. The van der Waals surface area contributed by atoms with Crippen LogP contribution < -0.4 is 14.8 Å². The number of benzene rings is 2. The van der Waals surface area contributed by atoms with E-state index in [1.165, 1.54) is 12.1 Å². The lowest BCUT2D eigenvalue weighted by molar-refractivity contribution is -0.286. The van der Waals surface area contributed by atoms with Gasteiger partial charge in [0.1, 0.15) is 0 Å². The summed E-state index contributed by atoms with van der Waals surface area (Å²) in [4.78, 5) is 35.4. The van der Waals surface area contributed by atoms with Crippen LogP contribution in [0.5, 0.6) is 11.5 Å². The fourth-order valence-electron chi connectivity index (χ4n) is 3.88. The van der Waals surface area contributed by atoms with Crippen LogP contribution in [0.4, 0.5) is 14.5 Å². The number of Topliss-reactive ketones (excluding diaryl/α,β-unsaturated/α-hetero) is 1. The lowest BCUT2D eigenvalue weighted by Gasteiger charge is -2.16. The number of anilines is 1. The molecule has 3 N–H and O–H groups in total. The number of amides is 1. The van der Waals surface area contributed by atoms with E-state index in [1.54, 1.807) is 6.07 Å². The third-order valence-electron chi connectivity index (χ3n) is 6.13. The van der Waals surface area contributed by atoms with Crippen LogP contribution in [0.15, 0.2) is 42.5 Å². The van der Waals surface area contributed by atoms with Crippen LogP contribution in [0.1, 0.15) is 51.8 Å². The van der Waals surface area contributed by atoms with Gasteiger partial charge in [-0.25, -0.2) is 4.79 Å². The second-order valence-electron chi connectivity index (χ2n) is 9.96. The number of carboxylic acids is 1. The van der Waals surface area contributed by atoms with Crippen LogP contribution in [0.25, 0.3) is 10.9 Å². The zero-order valence-corrected chi connectivity index (χ0v) is 20.2. The van der Waals surface area contributed by atoms with E-state index < -0.39 is 23.5 Å². The molecule has 0 atom stereocenters. The predicted molar refractivity (Wildman–Crippen MR) is 128 cm³/mol. The third kappa shape index (κ3) is 5.02. The van der Waals surface area contributed by atoms with Gasteiger partial charge in [0.05, 0.1) is 5.41 Å². The molecular formula is C26H26F2N2O6. The highest BCUT2D eigenvalue weighted by Crippen LogP contribution is 2.52. The number of ketones is 1. The van der Waals surface area contributed by atoms with Crippen molar-refractivity contribution < 1.29 is 37.7 Å². The van der Waals surface area contributed by atoms with Crippen LogP contribution in [0.2, 0.25) is 0 Å². The maximum Gasteiger partial charge on any atom is 0.586 e. The molecule has 8 nitrogen and oxygen atoms in total. The van der Waals surface area contributed by atoms with E-state index in [0.29, 0.717) is 24.1 Å². The SMILES string of the molecule is CC(=O)C(=O)O.CC(C)(C)c1cc2cc(NC(=O)C3(c4ccc5c(c4)OC(F)(F)O5)CC3)ccc2[nH]1. The molecule has 1 aliphatic heterocycles. The van der Waals surface area contributed by atoms with Crippen LogP contribution in [0, 0.1) is 0 Å². The first-order valence-corrected chi connectivity index (χ1v) is 11.3. The minimum atomic E-state index is -3.67. The first-order chi connectivity index (χ1) is 16.7. The molecule has 0 unspecified atom stereocenters. The topological polar surface area (TPSA) is 118 Å². The summed E-state index contributed by atoms with van der Waals surface area (Å²) < 4.78 is 35.6. The van der Waals surface area contributed by atoms with Crippen LogP contribution in [0.3, 0.4) is 0 Å². The van der Waals surface area contributed by atoms with Gasteiger partial charge in [-0.2, -0.15) is 0 Å². The molecule has 1 saturated carbocycles. The van der Waals surface area contributed by atoms with Crippen molar-refractivity contribution >= 4 is 34.3 Å². The van der Waals surface area contributed by atoms with Crippen molar-refractivity contribution in [3.8, 4) is 11.5 Å². The van der Waals surface area contributed by atoms with E-state index in [4.69, 9.17) is 5.11 Å². The van der Waals surface area contributed by atoms with Crippen molar-refractivity contribution in [2.24, 2.45) is 0 Å². The van der Waals surface area contributed by atoms with E-state index >= 15 is 0 Å². The molecule has 5 rings (SSSR count). The standard InChI is InChI=1S/C23H22F2N2O3.C3H4O3/c1-21(2,3)19-11-13-10-15(5-6-16(13)27-19)26-20(28)22(8-9-22)14-4-7-17-18(12-14)30-23(24,25)29-17;1-2(4)3(5)6/h4-7,10-12,27H,8-9H2,1-3H3,(H,26,28);1H3,(H,5,6). The van der Waals surface area contributed by atoms with Gasteiger partial charge in [0.2, 0.25) is 11.7 Å². The Morgan fingerprint density at radius 1 is 1.00 bits per heavy atom. The molecule has 3 aromatic rings. The number of carbonyl (C=O) groups is 3. The van der Waals surface area contributed by atoms with E-state index in [-0.39, 0.29) is 22.8 Å². The summed E-state index contributed by atoms with van der Waals surface area (Å²) in [5.41, 5.74) is 2.74. The third-order valence-corrected chi connectivity index (χ3v) is 6.13. The molecule has 190 valence electrons. The number of carbonyl (C=O) groups excluding carboxylic acids is 2. The van der Waals surface area contributed by atoms with E-state index in [0.717, 1.165) is 23.5 Å². The van der Waals surface area contributed by atoms with Gasteiger partial charge in [-0.1, -0.05) is 26.8 Å². The highest BCUT2D eigenvalue weighted by molar-refractivity contribution is 6.31. The molecule has 2 heterocycles. The van der Waals surface area contributed by atoms with E-state index in [2.05, 4.69) is 46.6 Å². The number of ether oxygens (including phenoxy) is 2. The fraction of sp³-hybridized carbons (Fsp3) is 0.346. The summed E-state index contributed by atoms with van der Waals surface area (Å²) in [5.74, 6) is -2.42. The number of aromatic nitrogens is 1. The van der Waals surface area contributed by atoms with Crippen molar-refractivity contribution in [3.05, 3.63) is 53.7 Å². The molecule has 0 saturated heterocycles. The molecule has 1 fully saturated rings. The molecule has 0 spiro atoms. The molecule has 1 amide bonds. The summed E-state index contributed by atoms with van der Waals surface area (Å²) in [5, 5.41) is 11.7. The zero-order valence-electron chi connectivity index (χ0n) is 20.2. The number of fused-ring (bicyclic) bond motifs is 2. The number of alkyl halides is 2. The van der Waals surface area contributed by atoms with Gasteiger partial charge in [0.15, 0.2) is 11.5 Å². The van der Waals surface area contributed by atoms with Crippen molar-refractivity contribution in [1.29, 1.82) is 0 Å². The molecular weight excluding hydrogens is 474 g/mol. The summed E-state index contributed by atoms with van der Waals surface area (Å²) in [6.07, 6.45) is -2.37. The van der Waals surface area contributed by atoms with Gasteiger partial charge in [-0.15, -0.1) is 8.78 Å². The molecule has 0 bridgehead atoms. The number of halogens is 2. The number of aromatic amines is 1. The van der Waals surface area contributed by atoms with Gasteiger partial charge >= 0.3 is 12.3 Å². The van der Waals surface area contributed by atoms with Crippen molar-refractivity contribution in [2.75, 3.05) is 5.32 Å². The van der Waals surface area contributed by atoms with Crippen molar-refractivity contribution in [1.82, 2.24) is 4.98 Å². The highest BCUT2D eigenvalue weighted by atomic mass is 19.3. The summed E-state index contributed by atoms with van der Waals surface area (Å²) in [6, 6.07) is 12.4. The molecule has 1 aromatic heterocycles. The molecule has 2 aromatic carbocycles. The van der Waals surface area contributed by atoms with Crippen LogP contribution in [-0.2, 0) is 25.2 Å². The Kier molecular flexibility index (Phi) is 6.02. The summed E-state index contributed by atoms with van der Waals surface area (Å²) >= 11 is 0. The first kappa shape index (κ1) is 25.2. The Morgan fingerprint density at radius 2 is 1.64 bits per heavy atom. The summed E-state index contributed by atoms with van der Waals surface area (Å²) in [7, 11) is 0. The predicted octanol–water partition coefficient (Wildman–Crippen LogP) is 5.12. The van der Waals surface area contributed by atoms with Gasteiger partial charge in [-0.3, -0.25) is 9.59 Å². The van der Waals surface area contributed by atoms with Gasteiger partial charge in [0, 0.05) is 34.6 Å². The van der Waals surface area contributed by atoms with E-state index in [1.807, 2.05) is 18.2 Å². The number of carboxylic acid groups (broad SMARTS) is 1. The fourth-order valence-corrected chi connectivity index (χ4v) is 3.88. The van der Waals surface area contributed by atoms with E-state index in [9.17, 15) is 23.2 Å². The normalized spacial score (nSPS) is 16.6. The Balaban J connectivity index is 0.000000455. The molecule has 10 heteroatoms. The first-order valence-electron chi connectivity index (χ1n) is 11.3. The Bertz CT molecular complexity index is 1360. The average Bonchev–Trinajstić information content (AvgIpc) is 3.36. The lowest BCUT2D eigenvalue weighted by Crippen LogP contribution is -2.27. The molecule has 1 aliphatic carbocycles. The van der Waals surface area contributed by atoms with Crippen LogP contribution >= 0.6 is 0 Å². The Labute approximate surface area is 205 Å². The largest absolute Gasteiger partial charge is 0.586 e. The minimum absolute atomic E-state index is 0.00331. The number of hydrogen-bond acceptors (Lipinski definition) is 5. The number of H-pyrrole nitrogens is 1. The van der Waals surface area contributed by atoms with Gasteiger partial charge in [-0.05, 0) is 54.8 Å². The Hall–Kier alpha value is -3.95. The maximum absolute atomic E-state index is 13.3. The highest BCUT2D eigenvalue weighted by Gasteiger charge is 2.52. The Morgan fingerprint density at radius 3 is 2.22 bits per heavy atom. The quantitative estimate of drug-likeness (QED) is 0.428. The molecule has 0 radical (unpaired) electrons. The van der Waals surface area contributed by atoms with Crippen molar-refractivity contribution in [3.63, 3.8) is 0 Å². The molecule has 36 heavy (non-hydrogen) atoms. The monoisotopic (exact) mass is 500 g/mol. The van der Waals surface area contributed by atoms with Gasteiger partial charge in [0.25, 0.3) is 0 Å². The zero-order chi connectivity index (χ0) is 26.5. The maximum atomic E-state index is 13.3. The van der Waals surface area contributed by atoms with Crippen molar-refractivity contribution in [2.45, 2.75) is 57.7 Å². The summed E-state index contributed by atoms with van der Waals surface area (Å²) in [6.45, 7) is 7.41. The minimum Gasteiger partial charge on any atom is -0.476 e. The molecule has 2 aliphatic rings. The lowest BCUT2D eigenvalue weighted by atomic mass is 9.92. The van der Waals surface area contributed by atoms with Crippen LogP contribution in [-0.4, -0.2) is 34.0 Å². The van der Waals surface area contributed by atoms with Gasteiger partial charge < -0.3 is 24.9 Å². The number of nitrogens with one attached hydrogen (secondary N) is 2.